The lowest BCUT2D eigenvalue weighted by Crippen LogP contribution is -2.27. The number of carbonyl (C=O) groups excluding carboxylic acids is 2. The van der Waals surface area contributed by atoms with Gasteiger partial charge in [-0.05, 0) is 73.7 Å². The van der Waals surface area contributed by atoms with Crippen molar-refractivity contribution < 1.29 is 24.2 Å². The number of amides is 2. The molecule has 3 rings (SSSR count). The van der Waals surface area contributed by atoms with E-state index in [4.69, 9.17) is 9.84 Å². The van der Waals surface area contributed by atoms with E-state index in [1.165, 1.54) is 24.3 Å². The van der Waals surface area contributed by atoms with E-state index in [1.54, 1.807) is 56.4 Å². The Labute approximate surface area is 195 Å². The van der Waals surface area contributed by atoms with Crippen LogP contribution in [0.5, 0.6) is 0 Å². The maximum atomic E-state index is 12.6. The average Bonchev–Trinajstić information content (AvgIpc) is 3.27. The Kier molecular flexibility index (Phi) is 7.30. The molecule has 0 aliphatic carbocycles. The van der Waals surface area contributed by atoms with Crippen LogP contribution in [0.15, 0.2) is 66.1 Å². The Morgan fingerprint density at radius 2 is 1.76 bits per heavy atom. The van der Waals surface area contributed by atoms with Crippen molar-refractivity contribution in [3.05, 3.63) is 77.2 Å². The minimum absolute atomic E-state index is 0.130. The summed E-state index contributed by atoms with van der Waals surface area (Å²) in [6.45, 7) is 5.29. The van der Waals surface area contributed by atoms with Gasteiger partial charge in [0.2, 0.25) is 5.91 Å². The van der Waals surface area contributed by atoms with Crippen LogP contribution in [-0.4, -0.2) is 28.7 Å². The van der Waals surface area contributed by atoms with Crippen molar-refractivity contribution in [1.82, 2.24) is 0 Å². The number of carboxylic acids is 1. The molecule has 0 fully saturated rings. The summed E-state index contributed by atoms with van der Waals surface area (Å²) in [5, 5.41) is 16.5. The molecule has 0 spiro atoms. The minimum Gasteiger partial charge on any atom is -0.478 e. The number of aromatic carboxylic acids is 1. The molecule has 0 radical (unpaired) electrons. The molecular weight excluding hydrogens is 440 g/mol. The monoisotopic (exact) mass is 464 g/mol. The van der Waals surface area contributed by atoms with Gasteiger partial charge in [0.1, 0.15) is 5.60 Å². The van der Waals surface area contributed by atoms with E-state index in [9.17, 15) is 14.4 Å². The van der Waals surface area contributed by atoms with Crippen molar-refractivity contribution in [2.45, 2.75) is 26.4 Å². The van der Waals surface area contributed by atoms with Crippen LogP contribution in [0.3, 0.4) is 0 Å². The van der Waals surface area contributed by atoms with Crippen molar-refractivity contribution >= 4 is 46.8 Å². The van der Waals surface area contributed by atoms with Gasteiger partial charge in [-0.3, -0.25) is 10.1 Å². The van der Waals surface area contributed by atoms with E-state index in [0.29, 0.717) is 16.9 Å². The van der Waals surface area contributed by atoms with Crippen LogP contribution in [-0.2, 0) is 9.53 Å². The maximum absolute atomic E-state index is 12.6. The third-order valence-electron chi connectivity index (χ3n) is 4.28. The molecule has 0 aliphatic heterocycles. The molecule has 0 unspecified atom stereocenters. The Morgan fingerprint density at radius 1 is 0.970 bits per heavy atom. The van der Waals surface area contributed by atoms with E-state index in [0.717, 1.165) is 10.4 Å². The number of carboxylic acid groups (broad SMARTS) is 1. The fraction of sp³-hybridized carbons (Fsp3) is 0.160. The number of ether oxygens (including phenoxy) is 1. The summed E-state index contributed by atoms with van der Waals surface area (Å²) in [4.78, 5) is 37.0. The van der Waals surface area contributed by atoms with Gasteiger partial charge in [0.25, 0.3) is 0 Å². The molecule has 3 N–H and O–H groups in total. The van der Waals surface area contributed by atoms with E-state index in [2.05, 4.69) is 10.6 Å². The quantitative estimate of drug-likeness (QED) is 0.382. The number of rotatable bonds is 6. The molecule has 7 nitrogen and oxygen atoms in total. The van der Waals surface area contributed by atoms with E-state index >= 15 is 0 Å². The lowest BCUT2D eigenvalue weighted by Gasteiger charge is -2.20. The Morgan fingerprint density at radius 3 is 2.42 bits per heavy atom. The third-order valence-corrected chi connectivity index (χ3v) is 5.20. The van der Waals surface area contributed by atoms with E-state index < -0.39 is 23.6 Å². The van der Waals surface area contributed by atoms with Crippen LogP contribution in [0.2, 0.25) is 0 Å². The topological polar surface area (TPSA) is 105 Å². The standard InChI is InChI=1S/C25H24N2O5S/c1-25(2,3)32-24(31)27-19-11-10-17(21-8-5-13-33-21)15-20(19)26-22(28)12-9-16-6-4-7-18(14-16)23(29)30/h4-15H,1-3H3,(H,26,28)(H,27,31)(H,29,30)/b12-9+. The van der Waals surface area contributed by atoms with Crippen LogP contribution in [0.25, 0.3) is 16.5 Å². The highest BCUT2D eigenvalue weighted by atomic mass is 32.1. The summed E-state index contributed by atoms with van der Waals surface area (Å²) < 4.78 is 5.32. The molecule has 8 heteroatoms. The first-order valence-electron chi connectivity index (χ1n) is 10.1. The predicted molar refractivity (Wildman–Crippen MR) is 131 cm³/mol. The van der Waals surface area contributed by atoms with Gasteiger partial charge in [-0.25, -0.2) is 9.59 Å². The second kappa shape index (κ2) is 10.1. The van der Waals surface area contributed by atoms with Gasteiger partial charge in [-0.15, -0.1) is 11.3 Å². The van der Waals surface area contributed by atoms with E-state index in [-0.39, 0.29) is 5.56 Å². The number of benzene rings is 2. The first-order chi connectivity index (χ1) is 15.6. The molecule has 0 saturated heterocycles. The second-order valence-corrected chi connectivity index (χ2v) is 9.07. The Balaban J connectivity index is 1.83. The molecule has 0 saturated carbocycles. The van der Waals surface area contributed by atoms with Crippen LogP contribution < -0.4 is 10.6 Å². The fourth-order valence-corrected chi connectivity index (χ4v) is 3.61. The van der Waals surface area contributed by atoms with Crippen molar-refractivity contribution in [1.29, 1.82) is 0 Å². The average molecular weight is 465 g/mol. The Hall–Kier alpha value is -3.91. The fourth-order valence-electron chi connectivity index (χ4n) is 2.89. The minimum atomic E-state index is -1.04. The number of carbonyl (C=O) groups is 3. The molecule has 0 bridgehead atoms. The van der Waals surface area contributed by atoms with Crippen molar-refractivity contribution in [2.75, 3.05) is 10.6 Å². The number of hydrogen-bond donors (Lipinski definition) is 3. The summed E-state index contributed by atoms with van der Waals surface area (Å²) in [6, 6.07) is 15.5. The molecular formula is C25H24N2O5S. The maximum Gasteiger partial charge on any atom is 0.412 e. The lowest BCUT2D eigenvalue weighted by atomic mass is 10.1. The highest BCUT2D eigenvalue weighted by Crippen LogP contribution is 2.32. The lowest BCUT2D eigenvalue weighted by molar-refractivity contribution is -0.111. The van der Waals surface area contributed by atoms with Crippen molar-refractivity contribution in [2.24, 2.45) is 0 Å². The van der Waals surface area contributed by atoms with Crippen LogP contribution >= 0.6 is 11.3 Å². The van der Waals surface area contributed by atoms with Gasteiger partial charge in [0.05, 0.1) is 16.9 Å². The van der Waals surface area contributed by atoms with Crippen LogP contribution in [0.1, 0.15) is 36.7 Å². The van der Waals surface area contributed by atoms with Crippen LogP contribution in [0.4, 0.5) is 16.2 Å². The summed E-state index contributed by atoms with van der Waals surface area (Å²) in [5.41, 5.74) is 1.71. The summed E-state index contributed by atoms with van der Waals surface area (Å²) in [5.74, 6) is -1.48. The zero-order valence-corrected chi connectivity index (χ0v) is 19.2. The largest absolute Gasteiger partial charge is 0.478 e. The molecule has 1 heterocycles. The van der Waals surface area contributed by atoms with Gasteiger partial charge in [0.15, 0.2) is 0 Å². The molecule has 170 valence electrons. The number of thiophene rings is 1. The van der Waals surface area contributed by atoms with Crippen molar-refractivity contribution in [3.63, 3.8) is 0 Å². The number of nitrogens with one attached hydrogen (secondary N) is 2. The first kappa shape index (κ1) is 23.7. The Bertz CT molecular complexity index is 1190. The molecule has 0 aliphatic rings. The summed E-state index contributed by atoms with van der Waals surface area (Å²) in [6.07, 6.45) is 2.19. The molecule has 0 atom stereocenters. The normalized spacial score (nSPS) is 11.2. The highest BCUT2D eigenvalue weighted by molar-refractivity contribution is 7.13. The predicted octanol–water partition coefficient (Wildman–Crippen LogP) is 6.11. The third kappa shape index (κ3) is 7.05. The number of hydrogen-bond acceptors (Lipinski definition) is 5. The summed E-state index contributed by atoms with van der Waals surface area (Å²) >= 11 is 1.56. The zero-order chi connectivity index (χ0) is 24.0. The smallest absolute Gasteiger partial charge is 0.412 e. The SMILES string of the molecule is CC(C)(C)OC(=O)Nc1ccc(-c2cccs2)cc1NC(=O)/C=C/c1cccc(C(=O)O)c1. The molecule has 1 aromatic heterocycles. The van der Waals surface area contributed by atoms with Gasteiger partial charge in [-0.1, -0.05) is 24.3 Å². The summed E-state index contributed by atoms with van der Waals surface area (Å²) in [7, 11) is 0. The molecule has 3 aromatic rings. The molecule has 33 heavy (non-hydrogen) atoms. The van der Waals surface area contributed by atoms with Crippen LogP contribution in [0, 0.1) is 0 Å². The second-order valence-electron chi connectivity index (χ2n) is 8.12. The first-order valence-corrected chi connectivity index (χ1v) is 11.0. The van der Waals surface area contributed by atoms with E-state index in [1.807, 2.05) is 23.6 Å². The molecule has 2 aromatic carbocycles. The van der Waals surface area contributed by atoms with Gasteiger partial charge in [-0.2, -0.15) is 0 Å². The van der Waals surface area contributed by atoms with Crippen molar-refractivity contribution in [3.8, 4) is 10.4 Å². The zero-order valence-electron chi connectivity index (χ0n) is 18.4. The van der Waals surface area contributed by atoms with Gasteiger partial charge in [0, 0.05) is 11.0 Å². The van der Waals surface area contributed by atoms with Gasteiger partial charge >= 0.3 is 12.1 Å². The number of anilines is 2. The highest BCUT2D eigenvalue weighted by Gasteiger charge is 2.18. The molecule has 2 amide bonds. The van der Waals surface area contributed by atoms with Gasteiger partial charge < -0.3 is 15.2 Å².